The summed E-state index contributed by atoms with van der Waals surface area (Å²) in [5, 5.41) is 2.84. The van der Waals surface area contributed by atoms with Crippen LogP contribution >= 0.6 is 24.8 Å². The summed E-state index contributed by atoms with van der Waals surface area (Å²) in [5.74, 6) is 0. The Morgan fingerprint density at radius 3 is 1.14 bits per heavy atom. The summed E-state index contributed by atoms with van der Waals surface area (Å²) in [4.78, 5) is 0. The fourth-order valence-electron chi connectivity index (χ4n) is 5.61. The van der Waals surface area contributed by atoms with Gasteiger partial charge in [0.25, 0.3) is 0 Å². The molecular formula is C41H36Cl2F12SiZr-4. The van der Waals surface area contributed by atoms with E-state index in [2.05, 4.69) is 20.7 Å². The molecule has 16 heteroatoms. The first kappa shape index (κ1) is 53.9. The third-order valence-corrected chi connectivity index (χ3v) is 7.91. The molecule has 6 aromatic carbocycles. The van der Waals surface area contributed by atoms with E-state index in [1.165, 1.54) is 35.5 Å². The topological polar surface area (TPSA) is 0 Å². The molecule has 0 N–H and O–H groups in total. The molecule has 0 amide bonds. The molecule has 0 unspecified atom stereocenters. The Morgan fingerprint density at radius 2 is 0.825 bits per heavy atom. The first-order valence-electron chi connectivity index (χ1n) is 16.3. The van der Waals surface area contributed by atoms with E-state index in [-0.39, 0.29) is 48.1 Å². The van der Waals surface area contributed by atoms with Crippen LogP contribution in [0.1, 0.15) is 54.2 Å². The second kappa shape index (κ2) is 22.3. The minimum absolute atomic E-state index is 0. The van der Waals surface area contributed by atoms with E-state index in [1.54, 1.807) is 50.2 Å². The van der Waals surface area contributed by atoms with Crippen LogP contribution < -0.4 is 0 Å². The van der Waals surface area contributed by atoms with Crippen molar-refractivity contribution in [3.63, 3.8) is 0 Å². The van der Waals surface area contributed by atoms with Gasteiger partial charge in [-0.15, -0.1) is 93.9 Å². The van der Waals surface area contributed by atoms with Gasteiger partial charge < -0.3 is 13.8 Å². The van der Waals surface area contributed by atoms with Crippen LogP contribution in [0.4, 0.5) is 52.7 Å². The minimum atomic E-state index is -4.86. The van der Waals surface area contributed by atoms with E-state index in [1.807, 2.05) is 26.0 Å². The molecule has 0 nitrogen and oxygen atoms in total. The molecule has 0 atom stereocenters. The van der Waals surface area contributed by atoms with Gasteiger partial charge in [0.1, 0.15) is 0 Å². The summed E-state index contributed by atoms with van der Waals surface area (Å²) >= 11 is 1.36. The van der Waals surface area contributed by atoms with Crippen molar-refractivity contribution < 1.29 is 76.0 Å². The first-order valence-corrected chi connectivity index (χ1v) is 20.4. The van der Waals surface area contributed by atoms with E-state index in [4.69, 9.17) is 0 Å². The molecule has 0 aromatic heterocycles. The Balaban J connectivity index is 0.000000944. The number of aryl methyl sites for hydroxylation is 2. The van der Waals surface area contributed by atoms with E-state index in [9.17, 15) is 52.7 Å². The molecule has 0 spiro atoms. The molecule has 0 aliphatic rings. The van der Waals surface area contributed by atoms with Crippen LogP contribution in [0.5, 0.6) is 0 Å². The molecule has 0 heterocycles. The molecular weight excluding hydrogens is 911 g/mol. The van der Waals surface area contributed by atoms with E-state index >= 15 is 0 Å². The van der Waals surface area contributed by atoms with Gasteiger partial charge in [0, 0.05) is 0 Å². The Kier molecular flexibility index (Phi) is 21.1. The van der Waals surface area contributed by atoms with Crippen molar-refractivity contribution in [2.75, 3.05) is 0 Å². The van der Waals surface area contributed by atoms with E-state index < -0.39 is 47.0 Å². The maximum absolute atomic E-state index is 13.1. The molecule has 2 radical (unpaired) electrons. The van der Waals surface area contributed by atoms with Crippen molar-refractivity contribution in [3.8, 4) is 22.3 Å². The summed E-state index contributed by atoms with van der Waals surface area (Å²) in [6, 6.07) is 20.5. The van der Waals surface area contributed by atoms with Crippen LogP contribution in [-0.4, -0.2) is 6.88 Å². The van der Waals surface area contributed by atoms with Gasteiger partial charge in [-0.25, -0.2) is 0 Å². The Hall–Kier alpha value is -3.06. The number of alkyl halides is 12. The summed E-state index contributed by atoms with van der Waals surface area (Å²) < 4.78 is 156. The average Bonchev–Trinajstić information content (AvgIpc) is 3.75. The van der Waals surface area contributed by atoms with Crippen LogP contribution in [0.15, 0.2) is 97.1 Å². The molecule has 0 saturated carbocycles. The van der Waals surface area contributed by atoms with Gasteiger partial charge in [-0.3, -0.25) is 0 Å². The van der Waals surface area contributed by atoms with E-state index in [0.29, 0.717) is 21.9 Å². The molecule has 0 fully saturated rings. The zero-order valence-electron chi connectivity index (χ0n) is 30.7. The number of halogens is 14. The van der Waals surface area contributed by atoms with Crippen LogP contribution in [0.25, 0.3) is 43.8 Å². The van der Waals surface area contributed by atoms with Gasteiger partial charge in [-0.1, -0.05) is 37.1 Å². The van der Waals surface area contributed by atoms with Gasteiger partial charge in [0.15, 0.2) is 0 Å². The summed E-state index contributed by atoms with van der Waals surface area (Å²) in [7, 11) is 0. The normalized spacial score (nSPS) is 11.2. The Morgan fingerprint density at radius 1 is 0.509 bits per heavy atom. The SMILES string of the molecule is CCc1cc2c(-c3cc(C(F)(F)F)cc(C(F)(F)F)c3)cccc2[cH-]1.Cc1cc2c(-c3cc(C(F)(F)F)cc(C(F)(F)F)c3)cccc2[cH-]1.Cl.Cl.[CH2-]C.[CH2-]C.[Si]=[Zr]. The molecule has 6 aromatic rings. The van der Waals surface area contributed by atoms with Crippen molar-refractivity contribution in [1.82, 2.24) is 0 Å². The third-order valence-electron chi connectivity index (χ3n) is 7.91. The zero-order valence-corrected chi connectivity index (χ0v) is 35.8. The van der Waals surface area contributed by atoms with Gasteiger partial charge >= 0.3 is 54.9 Å². The molecule has 57 heavy (non-hydrogen) atoms. The van der Waals surface area contributed by atoms with Gasteiger partial charge in [-0.05, 0) is 53.9 Å². The Bertz CT molecular complexity index is 2090. The van der Waals surface area contributed by atoms with Crippen molar-refractivity contribution in [1.29, 1.82) is 0 Å². The molecule has 310 valence electrons. The van der Waals surface area contributed by atoms with Gasteiger partial charge in [-0.2, -0.15) is 78.7 Å². The van der Waals surface area contributed by atoms with Crippen LogP contribution in [0, 0.1) is 20.8 Å². The standard InChI is InChI=1S/C19H13F6.C18H11F6.2C2H5.2ClH.Si.Zr/c1-2-11-6-12-4-3-5-16(17(12)7-11)13-8-14(18(20,21)22)10-15(9-13)19(23,24)25;1-10-5-11-3-2-4-15(16(11)6-10)12-7-13(17(19,20)21)9-14(8-12)18(22,23)24;2*1-2;;;;/h3-10H,2H2,1H3;2-9H,1H3;2*1H2,2H3;2*1H;;/q4*-1;;;;. The third kappa shape index (κ3) is 14.0. The van der Waals surface area contributed by atoms with Crippen LogP contribution in [-0.2, 0) is 54.5 Å². The first-order chi connectivity index (χ1) is 25.6. The summed E-state index contributed by atoms with van der Waals surface area (Å²) in [5.41, 5.74) is -2.88. The number of hydrogen-bond donors (Lipinski definition) is 0. The van der Waals surface area contributed by atoms with E-state index in [0.717, 1.165) is 52.6 Å². The molecule has 0 saturated heterocycles. The average molecular weight is 947 g/mol. The second-order valence-corrected chi connectivity index (χ2v) is 11.5. The van der Waals surface area contributed by atoms with Crippen LogP contribution in [0.3, 0.4) is 0 Å². The maximum atomic E-state index is 13.1. The fourth-order valence-corrected chi connectivity index (χ4v) is 5.61. The van der Waals surface area contributed by atoms with Crippen molar-refractivity contribution in [3.05, 3.63) is 144 Å². The fraction of sp³-hybridized carbons (Fsp3) is 0.220. The molecule has 0 aliphatic carbocycles. The number of benzene rings is 4. The predicted octanol–water partition coefficient (Wildman–Crippen LogP) is 15.5. The van der Waals surface area contributed by atoms with Gasteiger partial charge in [0.05, 0.1) is 22.3 Å². The quantitative estimate of drug-likeness (QED) is 0.0942. The summed E-state index contributed by atoms with van der Waals surface area (Å²) in [6.45, 7) is 16.8. The van der Waals surface area contributed by atoms with Crippen molar-refractivity contribution >= 4 is 53.2 Å². The molecule has 0 bridgehead atoms. The zero-order chi connectivity index (χ0) is 42.1. The van der Waals surface area contributed by atoms with Gasteiger partial charge in [0.2, 0.25) is 0 Å². The van der Waals surface area contributed by atoms with Crippen molar-refractivity contribution in [2.24, 2.45) is 0 Å². The van der Waals surface area contributed by atoms with Crippen LogP contribution in [0.2, 0.25) is 0 Å². The number of fused-ring (bicyclic) bond motifs is 2. The second-order valence-electron chi connectivity index (χ2n) is 11.5. The number of rotatable bonds is 3. The Labute approximate surface area is 352 Å². The monoisotopic (exact) mass is 944 g/mol. The molecule has 0 aliphatic heterocycles. The predicted molar refractivity (Wildman–Crippen MR) is 206 cm³/mol. The van der Waals surface area contributed by atoms with Crippen molar-refractivity contribution in [2.45, 2.75) is 58.8 Å². The summed E-state index contributed by atoms with van der Waals surface area (Å²) in [6.07, 6.45) is -18.7. The molecule has 6 rings (SSSR count). The number of hydrogen-bond acceptors (Lipinski definition) is 0.